The highest BCUT2D eigenvalue weighted by Crippen LogP contribution is 2.28. The monoisotopic (exact) mass is 387 g/mol. The van der Waals surface area contributed by atoms with E-state index in [4.69, 9.17) is 11.5 Å². The van der Waals surface area contributed by atoms with Gasteiger partial charge in [0.2, 0.25) is 0 Å². The van der Waals surface area contributed by atoms with Crippen LogP contribution in [0.2, 0.25) is 0 Å². The Morgan fingerprint density at radius 3 is 2.31 bits per heavy atom. The molecule has 5 N–H and O–H groups in total. The maximum Gasteiger partial charge on any atom is 0.192 e. The summed E-state index contributed by atoms with van der Waals surface area (Å²) in [6.45, 7) is 1.53. The van der Waals surface area contributed by atoms with Crippen molar-refractivity contribution in [1.29, 1.82) is 0 Å². The first-order valence-corrected chi connectivity index (χ1v) is 9.39. The molecule has 1 unspecified atom stereocenters. The lowest BCUT2D eigenvalue weighted by atomic mass is 9.80. The van der Waals surface area contributed by atoms with Crippen LogP contribution in [0.3, 0.4) is 0 Å². The fraction of sp³-hybridized carbons (Fsp3) is 0.174. The third-order valence-electron chi connectivity index (χ3n) is 5.50. The number of ketones is 3. The Kier molecular flexibility index (Phi) is 4.74. The number of carbonyl (C=O) groups excluding carboxylic acids is 3. The molecule has 0 bridgehead atoms. The van der Waals surface area contributed by atoms with Gasteiger partial charge in [-0.25, -0.2) is 0 Å². The number of nitrogens with two attached hydrogens (primary N) is 2. The standard InChI is InChI=1S/C23H21N3O3/c1-12-19(22(28)16-8-3-2-7-15(16)21(12)27)20(25)23(29)17(24)10-13-11-26-18-9-5-4-6-14(13)18/h2-9,11,17,20,26H,10,24-25H2,1H3/t17-,20?/m1/s1. The number of Topliss-reactive ketones (excluding diaryl/α,β-unsaturated/α-hetero) is 3. The van der Waals surface area contributed by atoms with E-state index in [9.17, 15) is 14.4 Å². The normalized spacial score (nSPS) is 16.1. The van der Waals surface area contributed by atoms with Gasteiger partial charge in [-0.05, 0) is 25.0 Å². The van der Waals surface area contributed by atoms with Crippen LogP contribution in [-0.4, -0.2) is 34.4 Å². The molecule has 2 atom stereocenters. The summed E-state index contributed by atoms with van der Waals surface area (Å²) in [7, 11) is 0. The number of aromatic amines is 1. The number of H-pyrrole nitrogens is 1. The molecule has 6 heteroatoms. The van der Waals surface area contributed by atoms with E-state index in [0.717, 1.165) is 16.5 Å². The fourth-order valence-corrected chi connectivity index (χ4v) is 3.90. The Balaban J connectivity index is 1.61. The molecule has 4 rings (SSSR count). The second kappa shape index (κ2) is 7.24. The van der Waals surface area contributed by atoms with Gasteiger partial charge in [0.1, 0.15) is 0 Å². The van der Waals surface area contributed by atoms with E-state index in [1.165, 1.54) is 6.92 Å². The molecule has 1 aromatic heterocycles. The summed E-state index contributed by atoms with van der Waals surface area (Å²) in [5.41, 5.74) is 15.0. The number of benzene rings is 2. The molecular weight excluding hydrogens is 366 g/mol. The number of hydrogen-bond donors (Lipinski definition) is 3. The molecular formula is C23H21N3O3. The van der Waals surface area contributed by atoms with Crippen molar-refractivity contribution in [3.05, 3.63) is 82.6 Å². The average molecular weight is 387 g/mol. The second-order valence-electron chi connectivity index (χ2n) is 7.29. The maximum atomic E-state index is 13.0. The summed E-state index contributed by atoms with van der Waals surface area (Å²) in [5.74, 6) is -1.15. The van der Waals surface area contributed by atoms with Gasteiger partial charge in [-0.1, -0.05) is 42.5 Å². The van der Waals surface area contributed by atoms with Gasteiger partial charge in [0.25, 0.3) is 0 Å². The number of para-hydroxylation sites is 1. The summed E-state index contributed by atoms with van der Waals surface area (Å²) < 4.78 is 0. The molecule has 1 aliphatic rings. The molecule has 0 amide bonds. The van der Waals surface area contributed by atoms with Gasteiger partial charge in [0.05, 0.1) is 12.1 Å². The van der Waals surface area contributed by atoms with E-state index in [2.05, 4.69) is 4.98 Å². The van der Waals surface area contributed by atoms with Crippen LogP contribution in [0.1, 0.15) is 33.2 Å². The molecule has 0 fully saturated rings. The van der Waals surface area contributed by atoms with E-state index in [-0.39, 0.29) is 28.9 Å². The summed E-state index contributed by atoms with van der Waals surface area (Å²) in [6, 6.07) is 12.1. The number of nitrogens with one attached hydrogen (secondary N) is 1. The van der Waals surface area contributed by atoms with Gasteiger partial charge >= 0.3 is 0 Å². The van der Waals surface area contributed by atoms with E-state index < -0.39 is 23.7 Å². The van der Waals surface area contributed by atoms with Gasteiger partial charge in [-0.2, -0.15) is 0 Å². The summed E-state index contributed by atoms with van der Waals surface area (Å²) in [5, 5.41) is 0.984. The van der Waals surface area contributed by atoms with Crippen molar-refractivity contribution in [3.8, 4) is 0 Å². The smallest absolute Gasteiger partial charge is 0.192 e. The summed E-state index contributed by atoms with van der Waals surface area (Å²) in [4.78, 5) is 41.7. The van der Waals surface area contributed by atoms with Crippen LogP contribution in [0.4, 0.5) is 0 Å². The van der Waals surface area contributed by atoms with Gasteiger partial charge in [0.15, 0.2) is 17.3 Å². The van der Waals surface area contributed by atoms with E-state index in [1.807, 2.05) is 30.5 Å². The SMILES string of the molecule is CC1=C(C(N)C(=O)[C@H](N)Cc2c[nH]c3ccccc23)C(=O)c2ccccc2C1=O. The third-order valence-corrected chi connectivity index (χ3v) is 5.50. The number of allylic oxidation sites excluding steroid dienone is 1. The largest absolute Gasteiger partial charge is 0.361 e. The predicted octanol–water partition coefficient (Wildman–Crippen LogP) is 2.33. The minimum absolute atomic E-state index is 0.0353. The highest BCUT2D eigenvalue weighted by molar-refractivity contribution is 6.28. The quantitative estimate of drug-likeness (QED) is 0.621. The van der Waals surface area contributed by atoms with Crippen LogP contribution in [0.15, 0.2) is 65.9 Å². The molecule has 6 nitrogen and oxygen atoms in total. The molecule has 146 valence electrons. The van der Waals surface area contributed by atoms with E-state index in [0.29, 0.717) is 5.56 Å². The topological polar surface area (TPSA) is 119 Å². The zero-order valence-corrected chi connectivity index (χ0v) is 15.9. The summed E-state index contributed by atoms with van der Waals surface area (Å²) in [6.07, 6.45) is 2.10. The number of fused-ring (bicyclic) bond motifs is 2. The Bertz CT molecular complexity index is 1190. The average Bonchev–Trinajstić information content (AvgIpc) is 3.14. The van der Waals surface area contributed by atoms with Gasteiger partial charge in [0, 0.05) is 39.4 Å². The van der Waals surface area contributed by atoms with Gasteiger partial charge < -0.3 is 16.5 Å². The Labute approximate surface area is 167 Å². The lowest BCUT2D eigenvalue weighted by molar-refractivity contribution is -0.120. The molecule has 0 aliphatic heterocycles. The second-order valence-corrected chi connectivity index (χ2v) is 7.29. The zero-order valence-electron chi connectivity index (χ0n) is 15.9. The van der Waals surface area contributed by atoms with Crippen LogP contribution in [0.25, 0.3) is 10.9 Å². The molecule has 1 heterocycles. The predicted molar refractivity (Wildman–Crippen MR) is 111 cm³/mol. The van der Waals surface area contributed by atoms with Gasteiger partial charge in [-0.15, -0.1) is 0 Å². The zero-order chi connectivity index (χ0) is 20.7. The first-order chi connectivity index (χ1) is 13.9. The molecule has 3 aromatic rings. The molecule has 1 aliphatic carbocycles. The number of carbonyl (C=O) groups is 3. The Morgan fingerprint density at radius 1 is 0.966 bits per heavy atom. The lowest BCUT2D eigenvalue weighted by Crippen LogP contribution is -2.48. The van der Waals surface area contributed by atoms with Crippen LogP contribution in [-0.2, 0) is 11.2 Å². The van der Waals surface area contributed by atoms with Crippen molar-refractivity contribution < 1.29 is 14.4 Å². The molecule has 2 aromatic carbocycles. The van der Waals surface area contributed by atoms with Crippen molar-refractivity contribution in [2.24, 2.45) is 11.5 Å². The van der Waals surface area contributed by atoms with Crippen molar-refractivity contribution in [2.75, 3.05) is 0 Å². The number of rotatable bonds is 5. The molecule has 0 radical (unpaired) electrons. The van der Waals surface area contributed by atoms with Crippen molar-refractivity contribution in [3.63, 3.8) is 0 Å². The third kappa shape index (κ3) is 3.12. The summed E-state index contributed by atoms with van der Waals surface area (Å²) >= 11 is 0. The molecule has 29 heavy (non-hydrogen) atoms. The van der Waals surface area contributed by atoms with Crippen molar-refractivity contribution >= 4 is 28.3 Å². The maximum absolute atomic E-state index is 13.0. The van der Waals surface area contributed by atoms with Crippen molar-refractivity contribution in [2.45, 2.75) is 25.4 Å². The van der Waals surface area contributed by atoms with E-state index >= 15 is 0 Å². The van der Waals surface area contributed by atoms with Crippen LogP contribution in [0.5, 0.6) is 0 Å². The number of aromatic nitrogens is 1. The minimum atomic E-state index is -1.25. The van der Waals surface area contributed by atoms with E-state index in [1.54, 1.807) is 24.3 Å². The van der Waals surface area contributed by atoms with Crippen LogP contribution < -0.4 is 11.5 Å². The fourth-order valence-electron chi connectivity index (χ4n) is 3.90. The molecule has 0 saturated heterocycles. The van der Waals surface area contributed by atoms with Crippen LogP contribution in [0, 0.1) is 0 Å². The number of hydrogen-bond acceptors (Lipinski definition) is 5. The minimum Gasteiger partial charge on any atom is -0.361 e. The van der Waals surface area contributed by atoms with Crippen LogP contribution >= 0.6 is 0 Å². The van der Waals surface area contributed by atoms with Crippen molar-refractivity contribution in [1.82, 2.24) is 4.98 Å². The lowest BCUT2D eigenvalue weighted by Gasteiger charge is -2.24. The Morgan fingerprint density at radius 2 is 1.59 bits per heavy atom. The molecule has 0 spiro atoms. The molecule has 0 saturated carbocycles. The highest BCUT2D eigenvalue weighted by Gasteiger charge is 2.36. The highest BCUT2D eigenvalue weighted by atomic mass is 16.1. The first-order valence-electron chi connectivity index (χ1n) is 9.39. The van der Waals surface area contributed by atoms with Gasteiger partial charge in [-0.3, -0.25) is 14.4 Å². The first kappa shape index (κ1) is 19.0. The Hall–Kier alpha value is -3.35.